The lowest BCUT2D eigenvalue weighted by molar-refractivity contribution is -0.136. The van der Waals surface area contributed by atoms with Gasteiger partial charge in [0.1, 0.15) is 6.17 Å². The van der Waals surface area contributed by atoms with Gasteiger partial charge in [0.15, 0.2) is 0 Å². The van der Waals surface area contributed by atoms with Crippen LogP contribution in [0.5, 0.6) is 0 Å². The van der Waals surface area contributed by atoms with Crippen LogP contribution in [-0.4, -0.2) is 42.7 Å². The molecule has 2 rings (SSSR count). The smallest absolute Gasteiger partial charge is 0.239 e. The molecule has 2 heterocycles. The summed E-state index contributed by atoms with van der Waals surface area (Å²) in [7, 11) is 0. The van der Waals surface area contributed by atoms with Crippen LogP contribution in [0.2, 0.25) is 0 Å². The van der Waals surface area contributed by atoms with Gasteiger partial charge in [0.25, 0.3) is 0 Å². The molecule has 3 nitrogen and oxygen atoms in total. The van der Waals surface area contributed by atoms with Crippen molar-refractivity contribution in [3.05, 3.63) is 0 Å². The van der Waals surface area contributed by atoms with Gasteiger partial charge in [0, 0.05) is 26.1 Å². The van der Waals surface area contributed by atoms with Crippen molar-refractivity contribution in [1.29, 1.82) is 0 Å². The summed E-state index contributed by atoms with van der Waals surface area (Å²) in [5.74, 6) is 0.0846. The van der Waals surface area contributed by atoms with E-state index in [2.05, 4.69) is 5.32 Å². The summed E-state index contributed by atoms with van der Waals surface area (Å²) in [6.07, 6.45) is 0.618. The van der Waals surface area contributed by atoms with Gasteiger partial charge in [-0.1, -0.05) is 0 Å². The van der Waals surface area contributed by atoms with E-state index in [9.17, 15) is 9.18 Å². The quantitative estimate of drug-likeness (QED) is 0.674. The molecular formula is C8H14ClFN2O. The number of carbonyl (C=O) groups is 1. The summed E-state index contributed by atoms with van der Waals surface area (Å²) in [6.45, 7) is 2.05. The van der Waals surface area contributed by atoms with Crippen LogP contribution in [0.3, 0.4) is 0 Å². The van der Waals surface area contributed by atoms with Crippen LogP contribution in [-0.2, 0) is 4.79 Å². The summed E-state index contributed by atoms with van der Waals surface area (Å²) < 4.78 is 12.7. The standard InChI is InChI=1S/C8H13FN2O.ClH/c9-6-4-7(10-5-6)8(12)11-2-1-3-11;/h6-7,10H,1-5H2;1H/t6-,7+;/m0./s1. The minimum absolute atomic E-state index is 0. The third-order valence-corrected chi connectivity index (χ3v) is 2.54. The fraction of sp³-hybridized carbons (Fsp3) is 0.875. The number of likely N-dealkylation sites (tertiary alicyclic amines) is 1. The minimum atomic E-state index is -0.833. The highest BCUT2D eigenvalue weighted by atomic mass is 35.5. The monoisotopic (exact) mass is 208 g/mol. The maximum Gasteiger partial charge on any atom is 0.239 e. The van der Waals surface area contributed by atoms with Crippen LogP contribution in [0, 0.1) is 0 Å². The topological polar surface area (TPSA) is 32.3 Å². The zero-order chi connectivity index (χ0) is 8.55. The van der Waals surface area contributed by atoms with Gasteiger partial charge in [0.2, 0.25) is 5.91 Å². The zero-order valence-electron chi connectivity index (χ0n) is 7.33. The second-order valence-corrected chi connectivity index (χ2v) is 3.47. The van der Waals surface area contributed by atoms with E-state index in [0.29, 0.717) is 13.0 Å². The van der Waals surface area contributed by atoms with Crippen LogP contribution < -0.4 is 5.32 Å². The first-order valence-electron chi connectivity index (χ1n) is 4.43. The molecule has 5 heteroatoms. The van der Waals surface area contributed by atoms with Gasteiger partial charge in [-0.15, -0.1) is 12.4 Å². The van der Waals surface area contributed by atoms with Crippen molar-refractivity contribution in [2.24, 2.45) is 0 Å². The fourth-order valence-electron chi connectivity index (χ4n) is 1.64. The van der Waals surface area contributed by atoms with E-state index in [0.717, 1.165) is 19.5 Å². The number of carbonyl (C=O) groups excluding carboxylic acids is 1. The van der Waals surface area contributed by atoms with Crippen molar-refractivity contribution in [2.75, 3.05) is 19.6 Å². The summed E-state index contributed by atoms with van der Waals surface area (Å²) in [4.78, 5) is 13.3. The molecule has 1 amide bonds. The predicted molar refractivity (Wildman–Crippen MR) is 49.7 cm³/mol. The first-order valence-corrected chi connectivity index (χ1v) is 4.43. The van der Waals surface area contributed by atoms with Crippen molar-refractivity contribution in [2.45, 2.75) is 25.1 Å². The number of halogens is 2. The van der Waals surface area contributed by atoms with E-state index in [-0.39, 0.29) is 24.4 Å². The van der Waals surface area contributed by atoms with Crippen LogP contribution >= 0.6 is 12.4 Å². The van der Waals surface area contributed by atoms with E-state index >= 15 is 0 Å². The normalized spacial score (nSPS) is 32.2. The molecule has 2 aliphatic heterocycles. The van der Waals surface area contributed by atoms with Crippen molar-refractivity contribution < 1.29 is 9.18 Å². The Labute approximate surface area is 83.1 Å². The average Bonchev–Trinajstić information content (AvgIpc) is 2.31. The zero-order valence-corrected chi connectivity index (χ0v) is 8.15. The Hall–Kier alpha value is -0.350. The predicted octanol–water partition coefficient (Wildman–Crippen LogP) is 0.341. The van der Waals surface area contributed by atoms with Crippen molar-refractivity contribution in [3.8, 4) is 0 Å². The van der Waals surface area contributed by atoms with Crippen LogP contribution in [0.25, 0.3) is 0 Å². The third kappa shape index (κ3) is 2.11. The van der Waals surface area contributed by atoms with Gasteiger partial charge in [-0.25, -0.2) is 4.39 Å². The number of hydrogen-bond donors (Lipinski definition) is 1. The van der Waals surface area contributed by atoms with Crippen LogP contribution in [0.4, 0.5) is 4.39 Å². The number of amides is 1. The van der Waals surface area contributed by atoms with Gasteiger partial charge in [-0.2, -0.15) is 0 Å². The number of alkyl halides is 1. The van der Waals surface area contributed by atoms with E-state index < -0.39 is 6.17 Å². The molecule has 0 unspecified atom stereocenters. The molecular weight excluding hydrogens is 195 g/mol. The Morgan fingerprint density at radius 3 is 2.54 bits per heavy atom. The molecule has 0 bridgehead atoms. The van der Waals surface area contributed by atoms with Crippen molar-refractivity contribution >= 4 is 18.3 Å². The highest BCUT2D eigenvalue weighted by Gasteiger charge is 2.33. The van der Waals surface area contributed by atoms with Gasteiger partial charge in [-0.3, -0.25) is 4.79 Å². The van der Waals surface area contributed by atoms with E-state index in [1.54, 1.807) is 4.90 Å². The number of hydrogen-bond acceptors (Lipinski definition) is 2. The first kappa shape index (κ1) is 10.7. The lowest BCUT2D eigenvalue weighted by Gasteiger charge is -2.33. The fourth-order valence-corrected chi connectivity index (χ4v) is 1.64. The van der Waals surface area contributed by atoms with Crippen molar-refractivity contribution in [3.63, 3.8) is 0 Å². The summed E-state index contributed by atoms with van der Waals surface area (Å²) >= 11 is 0. The van der Waals surface area contributed by atoms with Gasteiger partial charge in [0.05, 0.1) is 6.04 Å². The SMILES string of the molecule is Cl.O=C([C@H]1C[C@H](F)CN1)N1CCC1. The van der Waals surface area contributed by atoms with Crippen LogP contribution in [0.15, 0.2) is 0 Å². The number of rotatable bonds is 1. The van der Waals surface area contributed by atoms with Gasteiger partial charge >= 0.3 is 0 Å². The molecule has 0 saturated carbocycles. The van der Waals surface area contributed by atoms with E-state index in [1.807, 2.05) is 0 Å². The molecule has 2 fully saturated rings. The van der Waals surface area contributed by atoms with Crippen molar-refractivity contribution in [1.82, 2.24) is 10.2 Å². The Bertz CT molecular complexity index is 199. The lowest BCUT2D eigenvalue weighted by atomic mass is 10.1. The largest absolute Gasteiger partial charge is 0.341 e. The Morgan fingerprint density at radius 1 is 1.46 bits per heavy atom. The molecule has 2 atom stereocenters. The summed E-state index contributed by atoms with van der Waals surface area (Å²) in [5, 5.41) is 2.89. The molecule has 2 aliphatic rings. The van der Waals surface area contributed by atoms with E-state index in [4.69, 9.17) is 0 Å². The Morgan fingerprint density at radius 2 is 2.15 bits per heavy atom. The Kier molecular flexibility index (Phi) is 3.50. The molecule has 0 aromatic carbocycles. The number of nitrogens with zero attached hydrogens (tertiary/aromatic N) is 1. The van der Waals surface area contributed by atoms with Gasteiger partial charge in [-0.05, 0) is 6.42 Å². The highest BCUT2D eigenvalue weighted by molar-refractivity contribution is 5.85. The molecule has 1 N–H and O–H groups in total. The van der Waals surface area contributed by atoms with Crippen LogP contribution in [0.1, 0.15) is 12.8 Å². The molecule has 0 aliphatic carbocycles. The molecule has 0 spiro atoms. The summed E-state index contributed by atoms with van der Waals surface area (Å²) in [5.41, 5.74) is 0. The second kappa shape index (κ2) is 4.24. The molecule has 76 valence electrons. The second-order valence-electron chi connectivity index (χ2n) is 3.47. The molecule has 2 saturated heterocycles. The number of nitrogens with one attached hydrogen (secondary N) is 1. The Balaban J connectivity index is 0.000000845. The maximum absolute atomic E-state index is 12.7. The third-order valence-electron chi connectivity index (χ3n) is 2.54. The molecule has 0 aromatic rings. The molecule has 0 radical (unpaired) electrons. The lowest BCUT2D eigenvalue weighted by Crippen LogP contribution is -2.49. The highest BCUT2D eigenvalue weighted by Crippen LogP contribution is 2.15. The van der Waals surface area contributed by atoms with E-state index in [1.165, 1.54) is 0 Å². The minimum Gasteiger partial charge on any atom is -0.341 e. The summed E-state index contributed by atoms with van der Waals surface area (Å²) in [6, 6.07) is -0.250. The molecule has 13 heavy (non-hydrogen) atoms. The molecule has 0 aromatic heterocycles. The average molecular weight is 209 g/mol. The maximum atomic E-state index is 12.7. The van der Waals surface area contributed by atoms with Gasteiger partial charge < -0.3 is 10.2 Å². The first-order chi connectivity index (χ1) is 5.77.